The molecule has 0 radical (unpaired) electrons. The molecule has 0 aliphatic heterocycles. The summed E-state index contributed by atoms with van der Waals surface area (Å²) in [5.41, 5.74) is 0.632. The number of aliphatic hydroxyl groups excluding tert-OH is 1. The molecule has 1 heterocycles. The van der Waals surface area contributed by atoms with Crippen LogP contribution >= 0.6 is 23.4 Å². The summed E-state index contributed by atoms with van der Waals surface area (Å²) in [7, 11) is 0. The van der Waals surface area contributed by atoms with Crippen molar-refractivity contribution in [1.82, 2.24) is 9.97 Å². The van der Waals surface area contributed by atoms with E-state index in [1.807, 2.05) is 0 Å². The van der Waals surface area contributed by atoms with Gasteiger partial charge in [0, 0.05) is 5.56 Å². The Morgan fingerprint density at radius 2 is 2.20 bits per heavy atom. The first-order valence-electron chi connectivity index (χ1n) is 4.88. The number of hydrogen-bond donors (Lipinski definition) is 1. The third-order valence-electron chi connectivity index (χ3n) is 1.95. The Labute approximate surface area is 99.3 Å². The second-order valence-electron chi connectivity index (χ2n) is 3.64. The SMILES string of the molecule is CC(C)CCSc1ncnc(Cl)c1CO. The third-order valence-corrected chi connectivity index (χ3v) is 3.34. The molecule has 0 aromatic carbocycles. The third kappa shape index (κ3) is 3.97. The van der Waals surface area contributed by atoms with Crippen molar-refractivity contribution in [3.05, 3.63) is 17.0 Å². The average molecular weight is 247 g/mol. The summed E-state index contributed by atoms with van der Waals surface area (Å²) in [5, 5.41) is 10.3. The van der Waals surface area contributed by atoms with Gasteiger partial charge in [0.2, 0.25) is 0 Å². The van der Waals surface area contributed by atoms with Crippen molar-refractivity contribution in [1.29, 1.82) is 0 Å². The van der Waals surface area contributed by atoms with Crippen LogP contribution in [0.2, 0.25) is 5.15 Å². The predicted octanol–water partition coefficient (Wildman–Crippen LogP) is 2.76. The van der Waals surface area contributed by atoms with E-state index < -0.39 is 0 Å². The maximum atomic E-state index is 9.13. The second-order valence-corrected chi connectivity index (χ2v) is 5.08. The molecule has 0 saturated carbocycles. The molecule has 0 aliphatic carbocycles. The quantitative estimate of drug-likeness (QED) is 0.641. The van der Waals surface area contributed by atoms with Gasteiger partial charge in [-0.2, -0.15) is 0 Å². The number of rotatable bonds is 5. The number of thioether (sulfide) groups is 1. The monoisotopic (exact) mass is 246 g/mol. The van der Waals surface area contributed by atoms with Crippen LogP contribution in [0.1, 0.15) is 25.8 Å². The minimum absolute atomic E-state index is 0.107. The fourth-order valence-electron chi connectivity index (χ4n) is 1.02. The topological polar surface area (TPSA) is 46.0 Å². The lowest BCUT2D eigenvalue weighted by Gasteiger charge is -2.07. The summed E-state index contributed by atoms with van der Waals surface area (Å²) in [6.45, 7) is 4.25. The van der Waals surface area contributed by atoms with Gasteiger partial charge in [-0.3, -0.25) is 0 Å². The number of hydrogen-bond acceptors (Lipinski definition) is 4. The molecule has 5 heteroatoms. The molecule has 1 rings (SSSR count). The number of nitrogens with zero attached hydrogens (tertiary/aromatic N) is 2. The summed E-state index contributed by atoms with van der Waals surface area (Å²) >= 11 is 7.47. The van der Waals surface area contributed by atoms with Gasteiger partial charge in [-0.1, -0.05) is 25.4 Å². The molecule has 0 bridgehead atoms. The summed E-state index contributed by atoms with van der Waals surface area (Å²) in [6.07, 6.45) is 2.55. The van der Waals surface area contributed by atoms with Crippen molar-refractivity contribution in [2.45, 2.75) is 31.9 Å². The van der Waals surface area contributed by atoms with Crippen LogP contribution in [-0.2, 0) is 6.61 Å². The van der Waals surface area contributed by atoms with Crippen LogP contribution in [0.5, 0.6) is 0 Å². The van der Waals surface area contributed by atoms with Crippen molar-refractivity contribution in [2.75, 3.05) is 5.75 Å². The van der Waals surface area contributed by atoms with Crippen LogP contribution < -0.4 is 0 Å². The highest BCUT2D eigenvalue weighted by Gasteiger charge is 2.09. The van der Waals surface area contributed by atoms with Crippen LogP contribution in [0, 0.1) is 5.92 Å². The first kappa shape index (κ1) is 12.7. The van der Waals surface area contributed by atoms with Gasteiger partial charge >= 0.3 is 0 Å². The Morgan fingerprint density at radius 1 is 1.47 bits per heavy atom. The summed E-state index contributed by atoms with van der Waals surface area (Å²) in [5.74, 6) is 1.66. The van der Waals surface area contributed by atoms with Crippen molar-refractivity contribution >= 4 is 23.4 Å². The molecule has 1 N–H and O–H groups in total. The predicted molar refractivity (Wildman–Crippen MR) is 63.1 cm³/mol. The minimum Gasteiger partial charge on any atom is -0.391 e. The van der Waals surface area contributed by atoms with Gasteiger partial charge in [0.1, 0.15) is 16.5 Å². The normalized spacial score (nSPS) is 11.0. The zero-order valence-electron chi connectivity index (χ0n) is 8.90. The van der Waals surface area contributed by atoms with E-state index in [4.69, 9.17) is 16.7 Å². The smallest absolute Gasteiger partial charge is 0.139 e. The molecule has 1 aromatic heterocycles. The lowest BCUT2D eigenvalue weighted by atomic mass is 10.2. The molecule has 3 nitrogen and oxygen atoms in total. The van der Waals surface area contributed by atoms with E-state index in [1.165, 1.54) is 6.33 Å². The van der Waals surface area contributed by atoms with E-state index in [0.717, 1.165) is 17.2 Å². The lowest BCUT2D eigenvalue weighted by molar-refractivity contribution is 0.277. The van der Waals surface area contributed by atoms with Gasteiger partial charge in [0.25, 0.3) is 0 Å². The van der Waals surface area contributed by atoms with Crippen LogP contribution in [0.25, 0.3) is 0 Å². The van der Waals surface area contributed by atoms with Crippen molar-refractivity contribution in [3.8, 4) is 0 Å². The van der Waals surface area contributed by atoms with Crippen LogP contribution in [0.3, 0.4) is 0 Å². The molecule has 0 fully saturated rings. The Kier molecular flexibility index (Phi) is 5.36. The number of aromatic nitrogens is 2. The largest absolute Gasteiger partial charge is 0.391 e. The highest BCUT2D eigenvalue weighted by molar-refractivity contribution is 7.99. The number of halogens is 1. The highest BCUT2D eigenvalue weighted by atomic mass is 35.5. The van der Waals surface area contributed by atoms with Gasteiger partial charge in [0.05, 0.1) is 6.61 Å². The molecule has 0 spiro atoms. The van der Waals surface area contributed by atoms with Gasteiger partial charge in [0.15, 0.2) is 0 Å². The first-order chi connectivity index (χ1) is 7.15. The van der Waals surface area contributed by atoms with Gasteiger partial charge < -0.3 is 5.11 Å². The van der Waals surface area contributed by atoms with Crippen LogP contribution in [-0.4, -0.2) is 20.8 Å². The zero-order valence-corrected chi connectivity index (χ0v) is 10.5. The van der Waals surface area contributed by atoms with Crippen molar-refractivity contribution < 1.29 is 5.11 Å². The standard InChI is InChI=1S/C10H15ClN2OS/c1-7(2)3-4-15-10-8(5-14)9(11)12-6-13-10/h6-7,14H,3-5H2,1-2H3. The van der Waals surface area contributed by atoms with Gasteiger partial charge in [-0.25, -0.2) is 9.97 Å². The Morgan fingerprint density at radius 3 is 2.80 bits per heavy atom. The highest BCUT2D eigenvalue weighted by Crippen LogP contribution is 2.25. The summed E-state index contributed by atoms with van der Waals surface area (Å²) in [6, 6.07) is 0. The fourth-order valence-corrected chi connectivity index (χ4v) is 2.51. The maximum Gasteiger partial charge on any atom is 0.139 e. The molecule has 0 unspecified atom stereocenters. The zero-order chi connectivity index (χ0) is 11.3. The van der Waals surface area contributed by atoms with E-state index in [0.29, 0.717) is 16.6 Å². The second kappa shape index (κ2) is 6.30. The maximum absolute atomic E-state index is 9.13. The molecule has 0 aliphatic rings. The van der Waals surface area contributed by atoms with E-state index >= 15 is 0 Å². The van der Waals surface area contributed by atoms with Gasteiger partial charge in [-0.05, 0) is 18.1 Å². The fraction of sp³-hybridized carbons (Fsp3) is 0.600. The Hall–Kier alpha value is -0.320. The minimum atomic E-state index is -0.107. The molecule has 84 valence electrons. The van der Waals surface area contributed by atoms with E-state index in [-0.39, 0.29) is 6.61 Å². The molecule has 1 aromatic rings. The summed E-state index contributed by atoms with van der Waals surface area (Å²) in [4.78, 5) is 7.95. The van der Waals surface area contributed by atoms with E-state index in [2.05, 4.69) is 23.8 Å². The van der Waals surface area contributed by atoms with Crippen LogP contribution in [0.15, 0.2) is 11.4 Å². The molecule has 0 saturated heterocycles. The molecule has 0 atom stereocenters. The Bertz CT molecular complexity index is 320. The molecular weight excluding hydrogens is 232 g/mol. The average Bonchev–Trinajstić information content (AvgIpc) is 2.17. The molecule has 0 amide bonds. The first-order valence-corrected chi connectivity index (χ1v) is 6.24. The van der Waals surface area contributed by atoms with Crippen molar-refractivity contribution in [2.24, 2.45) is 5.92 Å². The lowest BCUT2D eigenvalue weighted by Crippen LogP contribution is -1.97. The van der Waals surface area contributed by atoms with Crippen LogP contribution in [0.4, 0.5) is 0 Å². The molecule has 15 heavy (non-hydrogen) atoms. The summed E-state index contributed by atoms with van der Waals surface area (Å²) < 4.78 is 0. The molecular formula is C10H15ClN2OS. The van der Waals surface area contributed by atoms with Crippen molar-refractivity contribution in [3.63, 3.8) is 0 Å². The number of aliphatic hydroxyl groups is 1. The van der Waals surface area contributed by atoms with E-state index in [1.54, 1.807) is 11.8 Å². The van der Waals surface area contributed by atoms with E-state index in [9.17, 15) is 0 Å². The Balaban J connectivity index is 2.64. The van der Waals surface area contributed by atoms with Gasteiger partial charge in [-0.15, -0.1) is 11.8 Å².